The molecule has 0 saturated heterocycles. The van der Waals surface area contributed by atoms with Crippen molar-refractivity contribution in [2.45, 2.75) is 33.2 Å². The molecule has 0 saturated carbocycles. The van der Waals surface area contributed by atoms with Gasteiger partial charge in [0.1, 0.15) is 10.7 Å². The Morgan fingerprint density at radius 3 is 2.80 bits per heavy atom. The van der Waals surface area contributed by atoms with Gasteiger partial charge in [0.2, 0.25) is 0 Å². The number of aromatic nitrogens is 2. The Kier molecular flexibility index (Phi) is 4.92. The van der Waals surface area contributed by atoms with Crippen molar-refractivity contribution in [3.8, 4) is 11.1 Å². The van der Waals surface area contributed by atoms with Crippen LogP contribution in [-0.2, 0) is 11.3 Å². The number of nitrogens with zero attached hydrogens (tertiary/aromatic N) is 2. The van der Waals surface area contributed by atoms with Crippen LogP contribution in [0.25, 0.3) is 21.3 Å². The highest BCUT2D eigenvalue weighted by molar-refractivity contribution is 7.17. The van der Waals surface area contributed by atoms with Crippen LogP contribution in [0.2, 0.25) is 5.02 Å². The van der Waals surface area contributed by atoms with E-state index < -0.39 is 5.97 Å². The van der Waals surface area contributed by atoms with E-state index in [-0.39, 0.29) is 12.0 Å². The number of carboxylic acid groups (broad SMARTS) is 1. The first kappa shape index (κ1) is 17.6. The maximum Gasteiger partial charge on any atom is 0.303 e. The molecule has 1 aromatic carbocycles. The zero-order chi connectivity index (χ0) is 18.1. The van der Waals surface area contributed by atoms with Crippen LogP contribution in [0.4, 0.5) is 0 Å². The number of hydrogen-bond acceptors (Lipinski definition) is 4. The van der Waals surface area contributed by atoms with Gasteiger partial charge < -0.3 is 5.11 Å². The third-order valence-corrected chi connectivity index (χ3v) is 5.42. The van der Waals surface area contributed by atoms with Gasteiger partial charge in [-0.1, -0.05) is 17.7 Å². The molecule has 3 aromatic rings. The number of aliphatic carboxylic acids is 1. The summed E-state index contributed by atoms with van der Waals surface area (Å²) in [4.78, 5) is 28.9. The third kappa shape index (κ3) is 3.45. The number of carboxylic acids is 1. The summed E-state index contributed by atoms with van der Waals surface area (Å²) in [5.74, 6) is -0.267. The van der Waals surface area contributed by atoms with Crippen LogP contribution in [0.15, 0.2) is 28.4 Å². The molecule has 0 amide bonds. The minimum Gasteiger partial charge on any atom is -0.481 e. The Labute approximate surface area is 153 Å². The van der Waals surface area contributed by atoms with E-state index in [1.54, 1.807) is 11.5 Å². The average Bonchev–Trinajstić information content (AvgIpc) is 2.96. The maximum atomic E-state index is 13.0. The molecule has 2 aromatic heterocycles. The molecule has 0 aliphatic heterocycles. The fraction of sp³-hybridized carbons (Fsp3) is 0.278. The van der Waals surface area contributed by atoms with E-state index in [0.717, 1.165) is 16.7 Å². The highest BCUT2D eigenvalue weighted by Crippen LogP contribution is 2.32. The van der Waals surface area contributed by atoms with Crippen LogP contribution in [-0.4, -0.2) is 20.6 Å². The zero-order valence-electron chi connectivity index (χ0n) is 13.9. The molecule has 25 heavy (non-hydrogen) atoms. The van der Waals surface area contributed by atoms with Gasteiger partial charge in [-0.05, 0) is 43.5 Å². The first-order valence-electron chi connectivity index (χ1n) is 7.85. The first-order chi connectivity index (χ1) is 11.9. The number of aryl methyl sites for hydroxylation is 2. The molecular formula is C18H17ClN2O3S. The molecule has 5 nitrogen and oxygen atoms in total. The van der Waals surface area contributed by atoms with Gasteiger partial charge in [-0.3, -0.25) is 14.2 Å². The number of hydrogen-bond donors (Lipinski definition) is 1. The van der Waals surface area contributed by atoms with Crippen LogP contribution in [0, 0.1) is 13.8 Å². The number of carbonyl (C=O) groups is 1. The molecule has 0 aliphatic carbocycles. The third-order valence-electron chi connectivity index (χ3n) is 4.13. The molecule has 0 radical (unpaired) electrons. The normalized spacial score (nSPS) is 11.2. The molecule has 0 spiro atoms. The Hall–Kier alpha value is -2.18. The highest BCUT2D eigenvalue weighted by Gasteiger charge is 2.16. The average molecular weight is 377 g/mol. The molecule has 2 heterocycles. The van der Waals surface area contributed by atoms with E-state index in [1.165, 1.54) is 11.3 Å². The largest absolute Gasteiger partial charge is 0.481 e. The summed E-state index contributed by atoms with van der Waals surface area (Å²) in [5, 5.41) is 12.0. The fourth-order valence-electron chi connectivity index (χ4n) is 2.80. The SMILES string of the molecule is Cc1cc(-c2csc3nc(C)n(CCCC(=O)O)c(=O)c23)ccc1Cl. The Morgan fingerprint density at radius 2 is 2.12 bits per heavy atom. The topological polar surface area (TPSA) is 72.2 Å². The molecule has 0 bridgehead atoms. The van der Waals surface area contributed by atoms with Crippen molar-refractivity contribution in [3.63, 3.8) is 0 Å². The van der Waals surface area contributed by atoms with Crippen molar-refractivity contribution < 1.29 is 9.90 Å². The maximum absolute atomic E-state index is 13.0. The Morgan fingerprint density at radius 1 is 1.36 bits per heavy atom. The molecule has 3 rings (SSSR count). The second-order valence-corrected chi connectivity index (χ2v) is 7.17. The Balaban J connectivity index is 2.11. The summed E-state index contributed by atoms with van der Waals surface area (Å²) in [5.41, 5.74) is 2.58. The molecule has 0 unspecified atom stereocenters. The lowest BCUT2D eigenvalue weighted by Crippen LogP contribution is -2.24. The van der Waals surface area contributed by atoms with Gasteiger partial charge in [-0.2, -0.15) is 0 Å². The molecular weight excluding hydrogens is 360 g/mol. The van der Waals surface area contributed by atoms with Gasteiger partial charge in [0, 0.05) is 28.9 Å². The van der Waals surface area contributed by atoms with Crippen molar-refractivity contribution >= 4 is 39.1 Å². The van der Waals surface area contributed by atoms with Gasteiger partial charge in [0.05, 0.1) is 5.39 Å². The smallest absolute Gasteiger partial charge is 0.303 e. The summed E-state index contributed by atoms with van der Waals surface area (Å²) in [6.07, 6.45) is 0.416. The molecule has 0 fully saturated rings. The summed E-state index contributed by atoms with van der Waals surface area (Å²) < 4.78 is 1.56. The Bertz CT molecular complexity index is 1020. The van der Waals surface area contributed by atoms with Crippen molar-refractivity contribution in [1.29, 1.82) is 0 Å². The van der Waals surface area contributed by atoms with Crippen molar-refractivity contribution in [3.05, 3.63) is 50.3 Å². The van der Waals surface area contributed by atoms with Gasteiger partial charge in [0.25, 0.3) is 5.56 Å². The predicted molar refractivity (Wildman–Crippen MR) is 101 cm³/mol. The van der Waals surface area contributed by atoms with Crippen molar-refractivity contribution in [2.24, 2.45) is 0 Å². The van der Waals surface area contributed by atoms with E-state index >= 15 is 0 Å². The molecule has 0 aliphatic rings. The molecule has 1 N–H and O–H groups in total. The second kappa shape index (κ2) is 6.98. The second-order valence-electron chi connectivity index (χ2n) is 5.91. The van der Waals surface area contributed by atoms with Crippen LogP contribution < -0.4 is 5.56 Å². The summed E-state index contributed by atoms with van der Waals surface area (Å²) >= 11 is 7.53. The monoisotopic (exact) mass is 376 g/mol. The first-order valence-corrected chi connectivity index (χ1v) is 9.11. The number of halogens is 1. The molecule has 0 atom stereocenters. The number of fused-ring (bicyclic) bond motifs is 1. The van der Waals surface area contributed by atoms with Crippen LogP contribution in [0.3, 0.4) is 0 Å². The van der Waals surface area contributed by atoms with E-state index in [2.05, 4.69) is 4.98 Å². The minimum atomic E-state index is -0.868. The van der Waals surface area contributed by atoms with Crippen molar-refractivity contribution in [1.82, 2.24) is 9.55 Å². The predicted octanol–water partition coefficient (Wildman–Crippen LogP) is 4.26. The summed E-state index contributed by atoms with van der Waals surface area (Å²) in [6.45, 7) is 4.04. The number of thiophene rings is 1. The van der Waals surface area contributed by atoms with Crippen molar-refractivity contribution in [2.75, 3.05) is 0 Å². The van der Waals surface area contributed by atoms with Crippen LogP contribution in [0.5, 0.6) is 0 Å². The molecule has 130 valence electrons. The van der Waals surface area contributed by atoms with E-state index in [4.69, 9.17) is 16.7 Å². The van der Waals surface area contributed by atoms with E-state index in [0.29, 0.717) is 34.0 Å². The highest BCUT2D eigenvalue weighted by atomic mass is 35.5. The number of rotatable bonds is 5. The molecule has 7 heteroatoms. The van der Waals surface area contributed by atoms with Gasteiger partial charge in [-0.15, -0.1) is 11.3 Å². The van der Waals surface area contributed by atoms with E-state index in [9.17, 15) is 9.59 Å². The van der Waals surface area contributed by atoms with Crippen LogP contribution >= 0.6 is 22.9 Å². The lowest BCUT2D eigenvalue weighted by atomic mass is 10.0. The van der Waals surface area contributed by atoms with Gasteiger partial charge in [0.15, 0.2) is 0 Å². The van der Waals surface area contributed by atoms with Crippen LogP contribution in [0.1, 0.15) is 24.2 Å². The minimum absolute atomic E-state index is 0.0246. The lowest BCUT2D eigenvalue weighted by Gasteiger charge is -2.09. The fourth-order valence-corrected chi connectivity index (χ4v) is 3.90. The van der Waals surface area contributed by atoms with E-state index in [1.807, 2.05) is 30.5 Å². The standard InChI is InChI=1S/C18H17ClN2O3S/c1-10-8-12(5-6-14(10)19)13-9-25-17-16(13)18(24)21(11(2)20-17)7-3-4-15(22)23/h5-6,8-9H,3-4,7H2,1-2H3,(H,22,23). The van der Waals surface area contributed by atoms with Gasteiger partial charge >= 0.3 is 5.97 Å². The summed E-state index contributed by atoms with van der Waals surface area (Å²) in [6, 6.07) is 5.67. The van der Waals surface area contributed by atoms with Gasteiger partial charge in [-0.25, -0.2) is 4.98 Å². The zero-order valence-corrected chi connectivity index (χ0v) is 15.4. The lowest BCUT2D eigenvalue weighted by molar-refractivity contribution is -0.137. The summed E-state index contributed by atoms with van der Waals surface area (Å²) in [7, 11) is 0. The quantitative estimate of drug-likeness (QED) is 0.722. The number of benzene rings is 1.